The van der Waals surface area contributed by atoms with Gasteiger partial charge in [-0.2, -0.15) is 0 Å². The van der Waals surface area contributed by atoms with Crippen LogP contribution in [0.3, 0.4) is 0 Å². The predicted octanol–water partition coefficient (Wildman–Crippen LogP) is 5.20. The molecule has 26 heavy (non-hydrogen) atoms. The van der Waals surface area contributed by atoms with E-state index in [2.05, 4.69) is 21.2 Å². The van der Waals surface area contributed by atoms with Gasteiger partial charge in [0.1, 0.15) is 6.61 Å². The maximum absolute atomic E-state index is 9.29. The summed E-state index contributed by atoms with van der Waals surface area (Å²) in [6, 6.07) is 9.28. The number of rotatable bonds is 9. The molecule has 0 saturated heterocycles. The van der Waals surface area contributed by atoms with Crippen molar-refractivity contribution in [2.45, 2.75) is 32.5 Å². The molecule has 0 aliphatic carbocycles. The quantitative estimate of drug-likeness (QED) is 0.537. The van der Waals surface area contributed by atoms with Gasteiger partial charge >= 0.3 is 0 Å². The van der Waals surface area contributed by atoms with Crippen molar-refractivity contribution in [3.05, 3.63) is 56.0 Å². The molecule has 142 valence electrons. The first-order chi connectivity index (χ1) is 12.5. The minimum Gasteiger partial charge on any atom is -0.493 e. The summed E-state index contributed by atoms with van der Waals surface area (Å²) in [5.74, 6) is 1.19. The normalized spacial score (nSPS) is 12.1. The van der Waals surface area contributed by atoms with E-state index in [1.165, 1.54) is 0 Å². The van der Waals surface area contributed by atoms with Crippen molar-refractivity contribution in [1.29, 1.82) is 0 Å². The van der Waals surface area contributed by atoms with Gasteiger partial charge in [0.25, 0.3) is 0 Å². The Morgan fingerprint density at radius 1 is 1.23 bits per heavy atom. The molecule has 0 saturated carbocycles. The lowest BCUT2D eigenvalue weighted by Crippen LogP contribution is -2.31. The lowest BCUT2D eigenvalue weighted by Gasteiger charge is -2.17. The molecule has 0 aliphatic heterocycles. The molecule has 0 spiro atoms. The third-order valence-electron chi connectivity index (χ3n) is 4.02. The number of aliphatic hydroxyl groups is 1. The van der Waals surface area contributed by atoms with Crippen LogP contribution < -0.4 is 14.8 Å². The first-order valence-electron chi connectivity index (χ1n) is 8.26. The highest BCUT2D eigenvalue weighted by atomic mass is 79.9. The van der Waals surface area contributed by atoms with Crippen molar-refractivity contribution < 1.29 is 14.6 Å². The molecule has 1 atom stereocenters. The zero-order valence-electron chi connectivity index (χ0n) is 14.7. The Kier molecular flexibility index (Phi) is 8.51. The number of hydrogen-bond donors (Lipinski definition) is 2. The maximum atomic E-state index is 9.29. The Morgan fingerprint density at radius 3 is 2.50 bits per heavy atom. The van der Waals surface area contributed by atoms with E-state index in [0.717, 1.165) is 22.0 Å². The van der Waals surface area contributed by atoms with E-state index in [1.54, 1.807) is 25.3 Å². The highest BCUT2D eigenvalue weighted by Gasteiger charge is 2.14. The topological polar surface area (TPSA) is 50.7 Å². The smallest absolute Gasteiger partial charge is 0.175 e. The van der Waals surface area contributed by atoms with Crippen molar-refractivity contribution >= 4 is 39.1 Å². The maximum Gasteiger partial charge on any atom is 0.175 e. The summed E-state index contributed by atoms with van der Waals surface area (Å²) < 4.78 is 12.2. The standard InChI is InChI=1S/C19H22BrCl2NO3/c1-3-13(10-24)23-9-12-7-15(20)19(18(8-12)25-2)26-11-14-16(21)5-4-6-17(14)22/h4-8,13,23-24H,3,9-11H2,1-2H3/t13-/m0/s1. The summed E-state index contributed by atoms with van der Waals surface area (Å²) in [5, 5.41) is 13.7. The van der Waals surface area contributed by atoms with E-state index in [1.807, 2.05) is 19.1 Å². The minimum absolute atomic E-state index is 0.0676. The predicted molar refractivity (Wildman–Crippen MR) is 109 cm³/mol. The Labute approximate surface area is 172 Å². The van der Waals surface area contributed by atoms with Crippen molar-refractivity contribution in [1.82, 2.24) is 5.32 Å². The molecule has 7 heteroatoms. The zero-order chi connectivity index (χ0) is 19.1. The molecule has 0 aromatic heterocycles. The van der Waals surface area contributed by atoms with Gasteiger partial charge in [-0.25, -0.2) is 0 Å². The first-order valence-corrected chi connectivity index (χ1v) is 9.81. The fourth-order valence-electron chi connectivity index (χ4n) is 2.43. The van der Waals surface area contributed by atoms with Gasteiger partial charge in [0, 0.05) is 28.2 Å². The van der Waals surface area contributed by atoms with Crippen LogP contribution in [-0.2, 0) is 13.2 Å². The molecular weight excluding hydrogens is 441 g/mol. The van der Waals surface area contributed by atoms with Gasteiger partial charge in [-0.05, 0) is 52.2 Å². The van der Waals surface area contributed by atoms with Crippen molar-refractivity contribution in [2.75, 3.05) is 13.7 Å². The fraction of sp³-hybridized carbons (Fsp3) is 0.368. The molecule has 2 N–H and O–H groups in total. The van der Waals surface area contributed by atoms with Crippen LogP contribution in [0.5, 0.6) is 11.5 Å². The zero-order valence-corrected chi connectivity index (χ0v) is 17.8. The van der Waals surface area contributed by atoms with Crippen LogP contribution >= 0.6 is 39.1 Å². The number of halogens is 3. The van der Waals surface area contributed by atoms with Crippen LogP contribution in [0.1, 0.15) is 24.5 Å². The molecule has 0 heterocycles. The molecule has 2 aromatic rings. The van der Waals surface area contributed by atoms with Gasteiger partial charge in [-0.3, -0.25) is 0 Å². The number of aliphatic hydroxyl groups excluding tert-OH is 1. The van der Waals surface area contributed by atoms with E-state index < -0.39 is 0 Å². The average Bonchev–Trinajstić information content (AvgIpc) is 2.63. The largest absolute Gasteiger partial charge is 0.493 e. The number of nitrogens with one attached hydrogen (secondary N) is 1. The monoisotopic (exact) mass is 461 g/mol. The van der Waals surface area contributed by atoms with Crippen molar-refractivity contribution in [3.63, 3.8) is 0 Å². The lowest BCUT2D eigenvalue weighted by atomic mass is 10.1. The molecule has 4 nitrogen and oxygen atoms in total. The van der Waals surface area contributed by atoms with Gasteiger partial charge < -0.3 is 19.9 Å². The number of methoxy groups -OCH3 is 1. The average molecular weight is 463 g/mol. The van der Waals surface area contributed by atoms with Crippen molar-refractivity contribution in [2.24, 2.45) is 0 Å². The molecule has 0 aliphatic rings. The van der Waals surface area contributed by atoms with Crippen LogP contribution in [0, 0.1) is 0 Å². The fourth-order valence-corrected chi connectivity index (χ4v) is 3.54. The Morgan fingerprint density at radius 2 is 1.92 bits per heavy atom. The van der Waals surface area contributed by atoms with E-state index in [4.69, 9.17) is 32.7 Å². The summed E-state index contributed by atoms with van der Waals surface area (Å²) in [5.41, 5.74) is 1.74. The Balaban J connectivity index is 2.16. The summed E-state index contributed by atoms with van der Waals surface area (Å²) in [6.07, 6.45) is 0.856. The summed E-state index contributed by atoms with van der Waals surface area (Å²) in [6.45, 7) is 2.98. The van der Waals surface area contributed by atoms with Gasteiger partial charge in [-0.1, -0.05) is 36.2 Å². The van der Waals surface area contributed by atoms with Crippen LogP contribution in [0.25, 0.3) is 0 Å². The molecule has 2 aromatic carbocycles. The van der Waals surface area contributed by atoms with Gasteiger partial charge in [-0.15, -0.1) is 0 Å². The molecular formula is C19H22BrCl2NO3. The molecule has 0 unspecified atom stereocenters. The van der Waals surface area contributed by atoms with E-state index in [9.17, 15) is 5.11 Å². The Bertz CT molecular complexity index is 719. The van der Waals surface area contributed by atoms with Gasteiger partial charge in [0.15, 0.2) is 11.5 Å². The first kappa shape index (κ1) is 21.3. The van der Waals surface area contributed by atoms with Gasteiger partial charge in [0.05, 0.1) is 18.2 Å². The highest BCUT2D eigenvalue weighted by Crippen LogP contribution is 2.38. The Hall–Kier alpha value is -0.980. The van der Waals surface area contributed by atoms with Gasteiger partial charge in [0.2, 0.25) is 0 Å². The molecule has 0 bridgehead atoms. The second-order valence-corrected chi connectivity index (χ2v) is 7.44. The van der Waals surface area contributed by atoms with E-state index in [0.29, 0.717) is 28.1 Å². The molecule has 0 fully saturated rings. The second-order valence-electron chi connectivity index (χ2n) is 5.77. The summed E-state index contributed by atoms with van der Waals surface area (Å²) in [7, 11) is 1.59. The third-order valence-corrected chi connectivity index (χ3v) is 5.32. The molecule has 2 rings (SSSR count). The van der Waals surface area contributed by atoms with Crippen LogP contribution in [-0.4, -0.2) is 24.9 Å². The second kappa shape index (κ2) is 10.4. The van der Waals surface area contributed by atoms with Crippen LogP contribution in [0.4, 0.5) is 0 Å². The van der Waals surface area contributed by atoms with Crippen LogP contribution in [0.2, 0.25) is 10.0 Å². The summed E-state index contributed by atoms with van der Waals surface area (Å²) in [4.78, 5) is 0. The SMILES string of the molecule is CC[C@@H](CO)NCc1cc(Br)c(OCc2c(Cl)cccc2Cl)c(OC)c1. The minimum atomic E-state index is 0.0676. The number of benzene rings is 2. The lowest BCUT2D eigenvalue weighted by molar-refractivity contribution is 0.238. The van der Waals surface area contributed by atoms with Crippen LogP contribution in [0.15, 0.2) is 34.8 Å². The van der Waals surface area contributed by atoms with E-state index >= 15 is 0 Å². The third kappa shape index (κ3) is 5.51. The number of hydrogen-bond acceptors (Lipinski definition) is 4. The van der Waals surface area contributed by atoms with Crippen molar-refractivity contribution in [3.8, 4) is 11.5 Å². The molecule has 0 radical (unpaired) electrons. The number of ether oxygens (including phenoxy) is 2. The summed E-state index contributed by atoms with van der Waals surface area (Å²) >= 11 is 15.9. The van der Waals surface area contributed by atoms with E-state index in [-0.39, 0.29) is 19.3 Å². The highest BCUT2D eigenvalue weighted by molar-refractivity contribution is 9.10. The molecule has 0 amide bonds.